The van der Waals surface area contributed by atoms with Crippen molar-refractivity contribution in [3.8, 4) is 0 Å². The van der Waals surface area contributed by atoms with E-state index in [1.165, 1.54) is 24.9 Å². The van der Waals surface area contributed by atoms with Crippen molar-refractivity contribution < 1.29 is 5.11 Å². The number of nitrogens with zero attached hydrogens (tertiary/aromatic N) is 3. The maximum absolute atomic E-state index is 8.98. The molecular formula is C13H23N3O. The summed E-state index contributed by atoms with van der Waals surface area (Å²) in [6.07, 6.45) is 7.50. The van der Waals surface area contributed by atoms with Crippen molar-refractivity contribution in [1.82, 2.24) is 14.7 Å². The summed E-state index contributed by atoms with van der Waals surface area (Å²) >= 11 is 0. The molecule has 0 saturated carbocycles. The molecule has 1 saturated heterocycles. The van der Waals surface area contributed by atoms with E-state index in [1.54, 1.807) is 0 Å². The largest absolute Gasteiger partial charge is 0.396 e. The first-order valence-corrected chi connectivity index (χ1v) is 6.60. The second-order valence-electron chi connectivity index (χ2n) is 5.10. The summed E-state index contributed by atoms with van der Waals surface area (Å²) in [5.74, 6) is 0.688. The van der Waals surface area contributed by atoms with E-state index in [9.17, 15) is 0 Å². The van der Waals surface area contributed by atoms with Crippen LogP contribution in [0.15, 0.2) is 12.4 Å². The lowest BCUT2D eigenvalue weighted by molar-refractivity contribution is 0.143. The van der Waals surface area contributed by atoms with Crippen LogP contribution in [0.1, 0.15) is 24.8 Å². The Hall–Kier alpha value is -0.870. The maximum atomic E-state index is 8.98. The second-order valence-corrected chi connectivity index (χ2v) is 5.10. The highest BCUT2D eigenvalue weighted by Gasteiger charge is 2.18. The van der Waals surface area contributed by atoms with E-state index >= 15 is 0 Å². The molecule has 1 aromatic rings. The second kappa shape index (κ2) is 6.17. The van der Waals surface area contributed by atoms with Gasteiger partial charge in [-0.1, -0.05) is 0 Å². The van der Waals surface area contributed by atoms with Crippen molar-refractivity contribution in [2.45, 2.75) is 32.7 Å². The molecule has 1 aliphatic heterocycles. The Labute approximate surface area is 103 Å². The summed E-state index contributed by atoms with van der Waals surface area (Å²) in [5.41, 5.74) is 1.22. The monoisotopic (exact) mass is 237 g/mol. The SMILES string of the molecule is Cc1cnn(CCN2CCCC(CCO)C2)c1. The van der Waals surface area contributed by atoms with Crippen molar-refractivity contribution in [2.75, 3.05) is 26.2 Å². The van der Waals surface area contributed by atoms with Gasteiger partial charge in [0.15, 0.2) is 0 Å². The Kier molecular flexibility index (Phi) is 4.57. The zero-order valence-corrected chi connectivity index (χ0v) is 10.7. The lowest BCUT2D eigenvalue weighted by Crippen LogP contribution is -2.37. The molecule has 2 rings (SSSR count). The maximum Gasteiger partial charge on any atom is 0.0536 e. The van der Waals surface area contributed by atoms with Crippen molar-refractivity contribution in [2.24, 2.45) is 5.92 Å². The van der Waals surface area contributed by atoms with Gasteiger partial charge in [0.25, 0.3) is 0 Å². The molecule has 1 fully saturated rings. The molecule has 0 amide bonds. The number of piperidine rings is 1. The molecule has 0 aromatic carbocycles. The third kappa shape index (κ3) is 3.82. The number of likely N-dealkylation sites (tertiary alicyclic amines) is 1. The van der Waals surface area contributed by atoms with E-state index in [1.807, 2.05) is 10.9 Å². The van der Waals surface area contributed by atoms with Crippen molar-refractivity contribution in [3.05, 3.63) is 18.0 Å². The average molecular weight is 237 g/mol. The predicted molar refractivity (Wildman–Crippen MR) is 67.8 cm³/mol. The highest BCUT2D eigenvalue weighted by Crippen LogP contribution is 2.18. The van der Waals surface area contributed by atoms with Crippen LogP contribution >= 0.6 is 0 Å². The molecule has 4 heteroatoms. The fourth-order valence-corrected chi connectivity index (χ4v) is 2.61. The van der Waals surface area contributed by atoms with E-state index < -0.39 is 0 Å². The van der Waals surface area contributed by atoms with Crippen LogP contribution in [0.5, 0.6) is 0 Å². The Morgan fingerprint density at radius 1 is 1.47 bits per heavy atom. The molecule has 17 heavy (non-hydrogen) atoms. The molecule has 1 aliphatic rings. The average Bonchev–Trinajstić information content (AvgIpc) is 2.74. The number of aliphatic hydroxyl groups is 1. The summed E-state index contributed by atoms with van der Waals surface area (Å²) in [6, 6.07) is 0. The van der Waals surface area contributed by atoms with Crippen LogP contribution < -0.4 is 0 Å². The fourth-order valence-electron chi connectivity index (χ4n) is 2.61. The highest BCUT2D eigenvalue weighted by atomic mass is 16.3. The molecule has 0 spiro atoms. The molecule has 1 N–H and O–H groups in total. The number of aliphatic hydroxyl groups excluding tert-OH is 1. The van der Waals surface area contributed by atoms with Gasteiger partial charge in [-0.05, 0) is 44.2 Å². The van der Waals surface area contributed by atoms with Gasteiger partial charge < -0.3 is 10.0 Å². The molecular weight excluding hydrogens is 214 g/mol. The Bertz CT molecular complexity index is 335. The normalized spacial score (nSPS) is 21.9. The molecule has 96 valence electrons. The molecule has 2 heterocycles. The van der Waals surface area contributed by atoms with Gasteiger partial charge in [0.1, 0.15) is 0 Å². The molecule has 4 nitrogen and oxygen atoms in total. The predicted octanol–water partition coefficient (Wildman–Crippen LogP) is 1.29. The van der Waals surface area contributed by atoms with Crippen LogP contribution in [0, 0.1) is 12.8 Å². The standard InChI is InChI=1S/C13H23N3O/c1-12-9-14-16(10-12)7-6-15-5-2-3-13(11-15)4-8-17/h9-10,13,17H,2-8,11H2,1H3. The summed E-state index contributed by atoms with van der Waals surface area (Å²) in [6.45, 7) is 6.78. The smallest absolute Gasteiger partial charge is 0.0536 e. The van der Waals surface area contributed by atoms with Crippen molar-refractivity contribution in [3.63, 3.8) is 0 Å². The minimum atomic E-state index is 0.330. The first-order chi connectivity index (χ1) is 8.28. The molecule has 0 aliphatic carbocycles. The van der Waals surface area contributed by atoms with Crippen molar-refractivity contribution >= 4 is 0 Å². The third-order valence-electron chi connectivity index (χ3n) is 3.55. The van der Waals surface area contributed by atoms with Gasteiger partial charge in [-0.15, -0.1) is 0 Å². The molecule has 1 aromatic heterocycles. The van der Waals surface area contributed by atoms with Gasteiger partial charge in [0, 0.05) is 25.9 Å². The number of hydrogen-bond donors (Lipinski definition) is 1. The first kappa shape index (κ1) is 12.6. The lowest BCUT2D eigenvalue weighted by atomic mass is 9.95. The Morgan fingerprint density at radius 2 is 2.35 bits per heavy atom. The highest BCUT2D eigenvalue weighted by molar-refractivity contribution is 4.99. The van der Waals surface area contributed by atoms with E-state index in [-0.39, 0.29) is 0 Å². The third-order valence-corrected chi connectivity index (χ3v) is 3.55. The van der Waals surface area contributed by atoms with Gasteiger partial charge in [-0.2, -0.15) is 5.10 Å². The molecule has 1 atom stereocenters. The minimum absolute atomic E-state index is 0.330. The van der Waals surface area contributed by atoms with Gasteiger partial charge in [0.2, 0.25) is 0 Å². The summed E-state index contributed by atoms with van der Waals surface area (Å²) in [4.78, 5) is 2.50. The van der Waals surface area contributed by atoms with Crippen LogP contribution in [-0.4, -0.2) is 46.0 Å². The van der Waals surface area contributed by atoms with Crippen LogP contribution in [-0.2, 0) is 6.54 Å². The molecule has 0 radical (unpaired) electrons. The first-order valence-electron chi connectivity index (χ1n) is 6.60. The van der Waals surface area contributed by atoms with Crippen LogP contribution in [0.2, 0.25) is 0 Å². The molecule has 0 bridgehead atoms. The summed E-state index contributed by atoms with van der Waals surface area (Å²) in [5, 5.41) is 13.3. The van der Waals surface area contributed by atoms with E-state index in [4.69, 9.17) is 5.11 Å². The zero-order valence-electron chi connectivity index (χ0n) is 10.7. The van der Waals surface area contributed by atoms with Gasteiger partial charge in [-0.3, -0.25) is 4.68 Å². The topological polar surface area (TPSA) is 41.3 Å². The lowest BCUT2D eigenvalue weighted by Gasteiger charge is -2.32. The summed E-state index contributed by atoms with van der Waals surface area (Å²) < 4.78 is 2.02. The number of rotatable bonds is 5. The van der Waals surface area contributed by atoms with Gasteiger partial charge >= 0.3 is 0 Å². The van der Waals surface area contributed by atoms with E-state index in [0.29, 0.717) is 12.5 Å². The van der Waals surface area contributed by atoms with Gasteiger partial charge in [-0.25, -0.2) is 0 Å². The van der Waals surface area contributed by atoms with E-state index in [0.717, 1.165) is 26.1 Å². The van der Waals surface area contributed by atoms with Crippen molar-refractivity contribution in [1.29, 1.82) is 0 Å². The van der Waals surface area contributed by atoms with Crippen LogP contribution in [0.3, 0.4) is 0 Å². The zero-order chi connectivity index (χ0) is 12.1. The Morgan fingerprint density at radius 3 is 3.06 bits per heavy atom. The quantitative estimate of drug-likeness (QED) is 0.839. The van der Waals surface area contributed by atoms with E-state index in [2.05, 4.69) is 23.1 Å². The minimum Gasteiger partial charge on any atom is -0.396 e. The van der Waals surface area contributed by atoms with Gasteiger partial charge in [0.05, 0.1) is 12.7 Å². The summed E-state index contributed by atoms with van der Waals surface area (Å²) in [7, 11) is 0. The number of hydrogen-bond acceptors (Lipinski definition) is 3. The Balaban J connectivity index is 1.75. The van der Waals surface area contributed by atoms with Crippen LogP contribution in [0.25, 0.3) is 0 Å². The number of aryl methyl sites for hydroxylation is 1. The fraction of sp³-hybridized carbons (Fsp3) is 0.769. The number of aromatic nitrogens is 2. The van der Waals surface area contributed by atoms with Crippen LogP contribution in [0.4, 0.5) is 0 Å². The molecule has 1 unspecified atom stereocenters.